The first kappa shape index (κ1) is 15.3. The van der Waals surface area contributed by atoms with Gasteiger partial charge in [0.1, 0.15) is 12.1 Å². The van der Waals surface area contributed by atoms with E-state index in [-0.39, 0.29) is 19.8 Å². The number of aliphatic hydroxyl groups is 1. The molecule has 0 atom stereocenters. The van der Waals surface area contributed by atoms with Crippen molar-refractivity contribution in [2.24, 2.45) is 0 Å². The zero-order valence-electron chi connectivity index (χ0n) is 11.7. The van der Waals surface area contributed by atoms with E-state index in [1.54, 1.807) is 0 Å². The molecule has 1 fully saturated rings. The molecule has 6 heteroatoms. The largest absolute Gasteiger partial charge is 0.479 e. The third-order valence-corrected chi connectivity index (χ3v) is 3.84. The summed E-state index contributed by atoms with van der Waals surface area (Å²) in [4.78, 5) is 24.8. The molecule has 0 aromatic heterocycles. The number of aliphatic hydroxyl groups excluding tert-OH is 1. The van der Waals surface area contributed by atoms with E-state index in [9.17, 15) is 14.7 Å². The van der Waals surface area contributed by atoms with E-state index in [1.165, 1.54) is 0 Å². The summed E-state index contributed by atoms with van der Waals surface area (Å²) in [5.74, 6) is -1.04. The van der Waals surface area contributed by atoms with Crippen molar-refractivity contribution in [3.63, 3.8) is 0 Å². The molecule has 1 aromatic rings. The predicted octanol–water partition coefficient (Wildman–Crippen LogP) is 1.62. The van der Waals surface area contributed by atoms with Crippen LogP contribution in [0.25, 0.3) is 0 Å². The molecule has 0 heterocycles. The van der Waals surface area contributed by atoms with Crippen molar-refractivity contribution in [2.45, 2.75) is 31.4 Å². The summed E-state index contributed by atoms with van der Waals surface area (Å²) in [7, 11) is 0. The molecule has 0 unspecified atom stereocenters. The fourth-order valence-electron chi connectivity index (χ4n) is 2.49. The zero-order chi connectivity index (χ0) is 15.3. The van der Waals surface area contributed by atoms with Gasteiger partial charge in [0.2, 0.25) is 0 Å². The highest BCUT2D eigenvalue weighted by Gasteiger charge is 2.51. The van der Waals surface area contributed by atoms with Crippen molar-refractivity contribution >= 4 is 12.1 Å². The molecular formula is C15H19NO5. The second-order valence-corrected chi connectivity index (χ2v) is 5.11. The summed E-state index contributed by atoms with van der Waals surface area (Å²) >= 11 is 0. The number of hydrogen-bond donors (Lipinski definition) is 2. The number of hydrogen-bond acceptors (Lipinski definition) is 4. The summed E-state index contributed by atoms with van der Waals surface area (Å²) < 4.78 is 5.19. The Morgan fingerprint density at radius 2 is 1.90 bits per heavy atom. The van der Waals surface area contributed by atoms with Crippen molar-refractivity contribution < 1.29 is 24.5 Å². The minimum Gasteiger partial charge on any atom is -0.479 e. The molecule has 6 nitrogen and oxygen atoms in total. The average molecular weight is 293 g/mol. The summed E-state index contributed by atoms with van der Waals surface area (Å²) in [6.45, 7) is -0.257. The van der Waals surface area contributed by atoms with Crippen LogP contribution < -0.4 is 0 Å². The standard InChI is InChI=1S/C15H19NO5/c17-10-9-16(15(13(18)19)7-4-8-15)14(20)21-11-12-5-2-1-3-6-12/h1-3,5-6,17H,4,7-11H2,(H,18,19). The van der Waals surface area contributed by atoms with Gasteiger partial charge in [0, 0.05) is 6.54 Å². The second kappa shape index (κ2) is 6.58. The summed E-state index contributed by atoms with van der Waals surface area (Å²) in [5, 5.41) is 18.5. The SMILES string of the molecule is O=C(OCc1ccccc1)N(CCO)C1(C(=O)O)CCC1. The maximum atomic E-state index is 12.2. The molecule has 0 spiro atoms. The molecule has 0 bridgehead atoms. The highest BCUT2D eigenvalue weighted by Crippen LogP contribution is 2.38. The number of aliphatic carboxylic acids is 1. The predicted molar refractivity (Wildman–Crippen MR) is 74.6 cm³/mol. The number of rotatable bonds is 6. The molecule has 1 aliphatic rings. The van der Waals surface area contributed by atoms with E-state index in [1.807, 2.05) is 30.3 Å². The number of benzene rings is 1. The lowest BCUT2D eigenvalue weighted by molar-refractivity contribution is -0.157. The summed E-state index contributed by atoms with van der Waals surface area (Å²) in [5.41, 5.74) is -0.399. The summed E-state index contributed by atoms with van der Waals surface area (Å²) in [6, 6.07) is 9.16. The molecule has 2 rings (SSSR count). The Labute approximate surface area is 122 Å². The Balaban J connectivity index is 2.04. The Morgan fingerprint density at radius 3 is 2.38 bits per heavy atom. The fourth-order valence-corrected chi connectivity index (χ4v) is 2.49. The van der Waals surface area contributed by atoms with Crippen molar-refractivity contribution in [1.29, 1.82) is 0 Å². The van der Waals surface area contributed by atoms with Crippen LogP contribution in [0.1, 0.15) is 24.8 Å². The van der Waals surface area contributed by atoms with Crippen LogP contribution in [0, 0.1) is 0 Å². The van der Waals surface area contributed by atoms with Crippen LogP contribution in [-0.4, -0.2) is 45.9 Å². The van der Waals surface area contributed by atoms with Crippen LogP contribution in [0.2, 0.25) is 0 Å². The Kier molecular flexibility index (Phi) is 4.80. The smallest absolute Gasteiger partial charge is 0.411 e. The topological polar surface area (TPSA) is 87.1 Å². The molecule has 1 saturated carbocycles. The monoisotopic (exact) mass is 293 g/mol. The van der Waals surface area contributed by atoms with Crippen LogP contribution in [0.3, 0.4) is 0 Å². The van der Waals surface area contributed by atoms with Crippen molar-refractivity contribution in [1.82, 2.24) is 4.90 Å². The van der Waals surface area contributed by atoms with Crippen molar-refractivity contribution in [3.05, 3.63) is 35.9 Å². The van der Waals surface area contributed by atoms with Crippen molar-refractivity contribution in [2.75, 3.05) is 13.2 Å². The number of amides is 1. The normalized spacial score (nSPS) is 15.9. The number of ether oxygens (including phenoxy) is 1. The third kappa shape index (κ3) is 3.16. The van der Waals surface area contributed by atoms with Crippen LogP contribution in [-0.2, 0) is 16.1 Å². The van der Waals surface area contributed by atoms with Gasteiger partial charge in [-0.3, -0.25) is 4.90 Å². The number of carboxylic acid groups (broad SMARTS) is 1. The van der Waals surface area contributed by atoms with E-state index in [0.29, 0.717) is 12.8 Å². The van der Waals surface area contributed by atoms with Gasteiger partial charge in [-0.05, 0) is 24.8 Å². The van der Waals surface area contributed by atoms with E-state index < -0.39 is 17.6 Å². The Bertz CT molecular complexity index is 498. The van der Waals surface area contributed by atoms with E-state index in [4.69, 9.17) is 9.84 Å². The lowest BCUT2D eigenvalue weighted by Crippen LogP contribution is -2.62. The van der Waals surface area contributed by atoms with E-state index >= 15 is 0 Å². The minimum absolute atomic E-state index is 0.0417. The lowest BCUT2D eigenvalue weighted by atomic mass is 9.75. The first-order valence-corrected chi connectivity index (χ1v) is 6.93. The molecule has 21 heavy (non-hydrogen) atoms. The van der Waals surface area contributed by atoms with Gasteiger partial charge in [-0.1, -0.05) is 30.3 Å². The highest BCUT2D eigenvalue weighted by atomic mass is 16.6. The molecule has 0 aliphatic heterocycles. The number of carboxylic acids is 1. The highest BCUT2D eigenvalue weighted by molar-refractivity contribution is 5.85. The van der Waals surface area contributed by atoms with Crippen LogP contribution in [0.15, 0.2) is 30.3 Å². The minimum atomic E-state index is -1.23. The van der Waals surface area contributed by atoms with Gasteiger partial charge in [0.05, 0.1) is 6.61 Å². The quantitative estimate of drug-likeness (QED) is 0.832. The van der Waals surface area contributed by atoms with Gasteiger partial charge in [0.15, 0.2) is 0 Å². The number of nitrogens with zero attached hydrogens (tertiary/aromatic N) is 1. The molecule has 0 saturated heterocycles. The van der Waals surface area contributed by atoms with Crippen LogP contribution in [0.5, 0.6) is 0 Å². The molecule has 1 aromatic carbocycles. The van der Waals surface area contributed by atoms with Crippen LogP contribution in [0.4, 0.5) is 4.79 Å². The van der Waals surface area contributed by atoms with E-state index in [0.717, 1.165) is 16.9 Å². The number of β-amino-alcohol motifs (C(OH)–C–C–N with tert-alkyl or cyclic N) is 1. The number of carbonyl (C=O) groups is 2. The number of carbonyl (C=O) groups excluding carboxylic acids is 1. The van der Waals surface area contributed by atoms with Crippen LogP contribution >= 0.6 is 0 Å². The molecular weight excluding hydrogens is 274 g/mol. The van der Waals surface area contributed by atoms with Gasteiger partial charge in [0.25, 0.3) is 0 Å². The molecule has 114 valence electrons. The maximum Gasteiger partial charge on any atom is 0.411 e. The Hall–Kier alpha value is -2.08. The van der Waals surface area contributed by atoms with Gasteiger partial charge < -0.3 is 14.9 Å². The average Bonchev–Trinajstić information content (AvgIpc) is 2.43. The zero-order valence-corrected chi connectivity index (χ0v) is 11.7. The fraction of sp³-hybridized carbons (Fsp3) is 0.467. The van der Waals surface area contributed by atoms with Gasteiger partial charge >= 0.3 is 12.1 Å². The van der Waals surface area contributed by atoms with Gasteiger partial charge in [-0.2, -0.15) is 0 Å². The van der Waals surface area contributed by atoms with Gasteiger partial charge in [-0.15, -0.1) is 0 Å². The van der Waals surface area contributed by atoms with Gasteiger partial charge in [-0.25, -0.2) is 9.59 Å². The second-order valence-electron chi connectivity index (χ2n) is 5.11. The lowest BCUT2D eigenvalue weighted by Gasteiger charge is -2.45. The molecule has 1 aliphatic carbocycles. The Morgan fingerprint density at radius 1 is 1.24 bits per heavy atom. The summed E-state index contributed by atoms with van der Waals surface area (Å²) in [6.07, 6.45) is 0.834. The van der Waals surface area contributed by atoms with Crippen molar-refractivity contribution in [3.8, 4) is 0 Å². The molecule has 0 radical (unpaired) electrons. The first-order chi connectivity index (χ1) is 10.1. The molecule has 2 N–H and O–H groups in total. The first-order valence-electron chi connectivity index (χ1n) is 6.93. The van der Waals surface area contributed by atoms with E-state index in [2.05, 4.69) is 0 Å². The third-order valence-electron chi connectivity index (χ3n) is 3.84. The maximum absolute atomic E-state index is 12.2. The molecule has 1 amide bonds.